The molecule has 1 aromatic heterocycles. The monoisotopic (exact) mass is 236 g/mol. The lowest BCUT2D eigenvalue weighted by Crippen LogP contribution is -2.14. The van der Waals surface area contributed by atoms with Gasteiger partial charge in [-0.15, -0.1) is 0 Å². The van der Waals surface area contributed by atoms with Crippen LogP contribution in [-0.2, 0) is 10.0 Å². The van der Waals surface area contributed by atoms with Crippen molar-refractivity contribution in [3.05, 3.63) is 48.2 Å². The molecule has 0 unspecified atom stereocenters. The summed E-state index contributed by atoms with van der Waals surface area (Å²) in [7, 11) is -3.55. The molecule has 16 heavy (non-hydrogen) atoms. The van der Waals surface area contributed by atoms with Crippen molar-refractivity contribution in [1.82, 2.24) is 3.97 Å². The van der Waals surface area contributed by atoms with Gasteiger partial charge in [-0.2, -0.15) is 0 Å². The van der Waals surface area contributed by atoms with Gasteiger partial charge < -0.3 is 5.73 Å². The van der Waals surface area contributed by atoms with Crippen LogP contribution >= 0.6 is 0 Å². The van der Waals surface area contributed by atoms with Crippen molar-refractivity contribution in [3.8, 4) is 0 Å². The topological polar surface area (TPSA) is 65.1 Å². The van der Waals surface area contributed by atoms with Crippen LogP contribution in [0.5, 0.6) is 0 Å². The lowest BCUT2D eigenvalue weighted by molar-refractivity contribution is 0.588. The van der Waals surface area contributed by atoms with Crippen LogP contribution in [0.15, 0.2) is 47.5 Å². The highest BCUT2D eigenvalue weighted by Gasteiger charge is 2.17. The highest BCUT2D eigenvalue weighted by Crippen LogP contribution is 2.17. The van der Waals surface area contributed by atoms with E-state index in [2.05, 4.69) is 0 Å². The predicted molar refractivity (Wildman–Crippen MR) is 62.6 cm³/mol. The van der Waals surface area contributed by atoms with Gasteiger partial charge in [-0.1, -0.05) is 17.7 Å². The van der Waals surface area contributed by atoms with Crippen molar-refractivity contribution < 1.29 is 8.42 Å². The van der Waals surface area contributed by atoms with Gasteiger partial charge in [-0.25, -0.2) is 12.4 Å². The van der Waals surface area contributed by atoms with Gasteiger partial charge in [0.2, 0.25) is 0 Å². The molecule has 5 heteroatoms. The maximum Gasteiger partial charge on any atom is 0.269 e. The van der Waals surface area contributed by atoms with E-state index in [0.717, 1.165) is 9.54 Å². The maximum absolute atomic E-state index is 12.1. The normalized spacial score (nSPS) is 11.6. The molecule has 0 bridgehead atoms. The summed E-state index contributed by atoms with van der Waals surface area (Å²) in [5.41, 5.74) is 6.59. The minimum Gasteiger partial charge on any atom is -0.384 e. The Bertz CT molecular complexity index is 597. The van der Waals surface area contributed by atoms with Crippen LogP contribution in [0, 0.1) is 6.92 Å². The fourth-order valence-corrected chi connectivity index (χ4v) is 2.70. The van der Waals surface area contributed by atoms with E-state index < -0.39 is 10.0 Å². The average Bonchev–Trinajstić information content (AvgIpc) is 2.66. The van der Waals surface area contributed by atoms with Gasteiger partial charge >= 0.3 is 0 Å². The Morgan fingerprint density at radius 3 is 2.25 bits per heavy atom. The van der Waals surface area contributed by atoms with Crippen molar-refractivity contribution in [2.24, 2.45) is 0 Å². The first-order chi connectivity index (χ1) is 7.51. The average molecular weight is 236 g/mol. The zero-order valence-corrected chi connectivity index (χ0v) is 9.61. The number of nitrogens with two attached hydrogens (primary N) is 1. The third-order valence-corrected chi connectivity index (χ3v) is 4.04. The number of aromatic nitrogens is 1. The molecule has 1 heterocycles. The van der Waals surface area contributed by atoms with Gasteiger partial charge in [-0.3, -0.25) is 0 Å². The molecule has 2 rings (SSSR count). The zero-order chi connectivity index (χ0) is 11.8. The Morgan fingerprint density at radius 1 is 1.12 bits per heavy atom. The molecule has 2 aromatic rings. The van der Waals surface area contributed by atoms with Crippen LogP contribution < -0.4 is 5.73 Å². The molecule has 4 nitrogen and oxygen atoms in total. The van der Waals surface area contributed by atoms with E-state index in [4.69, 9.17) is 5.73 Å². The molecule has 0 saturated carbocycles. The number of benzene rings is 1. The SMILES string of the molecule is Cc1ccc(S(=O)(=O)n2cccc2N)cc1. The Kier molecular flexibility index (Phi) is 2.47. The number of rotatable bonds is 2. The smallest absolute Gasteiger partial charge is 0.269 e. The molecular weight excluding hydrogens is 224 g/mol. The number of nitrogen functional groups attached to an aromatic ring is 1. The predicted octanol–water partition coefficient (Wildman–Crippen LogP) is 1.62. The zero-order valence-electron chi connectivity index (χ0n) is 8.79. The fourth-order valence-electron chi connectivity index (χ4n) is 1.42. The number of anilines is 1. The van der Waals surface area contributed by atoms with Crippen LogP contribution in [-0.4, -0.2) is 12.4 Å². The maximum atomic E-state index is 12.1. The lowest BCUT2D eigenvalue weighted by Gasteiger charge is -2.07. The summed E-state index contributed by atoms with van der Waals surface area (Å²) in [5, 5.41) is 0. The summed E-state index contributed by atoms with van der Waals surface area (Å²) in [6.07, 6.45) is 1.44. The molecule has 0 fully saturated rings. The van der Waals surface area contributed by atoms with Crippen LogP contribution in [0.1, 0.15) is 5.56 Å². The van der Waals surface area contributed by atoms with Gasteiger partial charge in [0, 0.05) is 6.20 Å². The summed E-state index contributed by atoms with van der Waals surface area (Å²) < 4.78 is 25.3. The molecule has 0 radical (unpaired) electrons. The molecule has 0 aliphatic carbocycles. The number of hydrogen-bond donors (Lipinski definition) is 1. The summed E-state index contributed by atoms with van der Waals surface area (Å²) in [6.45, 7) is 1.90. The molecule has 0 amide bonds. The van der Waals surface area contributed by atoms with Gasteiger partial charge in [0.25, 0.3) is 10.0 Å². The number of nitrogens with zero attached hydrogens (tertiary/aromatic N) is 1. The van der Waals surface area contributed by atoms with Crippen molar-refractivity contribution >= 4 is 15.8 Å². The molecule has 2 N–H and O–H groups in total. The second kappa shape index (κ2) is 3.68. The van der Waals surface area contributed by atoms with Crippen molar-refractivity contribution in [2.75, 3.05) is 5.73 Å². The third-order valence-electron chi connectivity index (χ3n) is 2.32. The second-order valence-corrected chi connectivity index (χ2v) is 5.36. The molecule has 0 spiro atoms. The van der Waals surface area contributed by atoms with E-state index in [-0.39, 0.29) is 10.7 Å². The van der Waals surface area contributed by atoms with Crippen molar-refractivity contribution in [3.63, 3.8) is 0 Å². The molecular formula is C11H12N2O2S. The fraction of sp³-hybridized carbons (Fsp3) is 0.0909. The lowest BCUT2D eigenvalue weighted by atomic mass is 10.2. The summed E-state index contributed by atoms with van der Waals surface area (Å²) in [6, 6.07) is 9.81. The number of hydrogen-bond acceptors (Lipinski definition) is 3. The molecule has 84 valence electrons. The highest BCUT2D eigenvalue weighted by molar-refractivity contribution is 7.90. The Labute approximate surface area is 94.4 Å². The summed E-state index contributed by atoms with van der Waals surface area (Å²) in [5.74, 6) is 0.209. The molecule has 0 saturated heterocycles. The first-order valence-electron chi connectivity index (χ1n) is 4.77. The van der Waals surface area contributed by atoms with E-state index in [1.54, 1.807) is 36.4 Å². The Morgan fingerprint density at radius 2 is 1.75 bits per heavy atom. The Balaban J connectivity index is 2.56. The minimum absolute atomic E-state index is 0.209. The summed E-state index contributed by atoms with van der Waals surface area (Å²) >= 11 is 0. The molecule has 0 aliphatic heterocycles. The number of aryl methyl sites for hydroxylation is 1. The van der Waals surface area contributed by atoms with Crippen LogP contribution in [0.3, 0.4) is 0 Å². The van der Waals surface area contributed by atoms with E-state index in [9.17, 15) is 8.42 Å². The van der Waals surface area contributed by atoms with Crippen molar-refractivity contribution in [2.45, 2.75) is 11.8 Å². The quantitative estimate of drug-likeness (QED) is 0.861. The van der Waals surface area contributed by atoms with E-state index in [1.807, 2.05) is 6.92 Å². The van der Waals surface area contributed by atoms with Gasteiger partial charge in [0.05, 0.1) is 4.90 Å². The van der Waals surface area contributed by atoms with Crippen LogP contribution in [0.2, 0.25) is 0 Å². The van der Waals surface area contributed by atoms with E-state index in [1.165, 1.54) is 6.20 Å². The first-order valence-corrected chi connectivity index (χ1v) is 6.21. The van der Waals surface area contributed by atoms with E-state index >= 15 is 0 Å². The Hall–Kier alpha value is -1.75. The first kappa shape index (κ1) is 10.8. The second-order valence-electron chi connectivity index (χ2n) is 3.55. The third kappa shape index (κ3) is 1.69. The van der Waals surface area contributed by atoms with Gasteiger partial charge in [0.1, 0.15) is 5.82 Å². The minimum atomic E-state index is -3.55. The molecule has 0 aliphatic rings. The molecule has 1 aromatic carbocycles. The van der Waals surface area contributed by atoms with E-state index in [0.29, 0.717) is 0 Å². The van der Waals surface area contributed by atoms with Gasteiger partial charge in [-0.05, 0) is 31.2 Å². The standard InChI is InChI=1S/C11H12N2O2S/c1-9-4-6-10(7-5-9)16(14,15)13-8-2-3-11(13)12/h2-8H,12H2,1H3. The van der Waals surface area contributed by atoms with Gasteiger partial charge in [0.15, 0.2) is 0 Å². The van der Waals surface area contributed by atoms with Crippen molar-refractivity contribution in [1.29, 1.82) is 0 Å². The van der Waals surface area contributed by atoms with Crippen LogP contribution in [0.25, 0.3) is 0 Å². The molecule has 0 atom stereocenters. The van der Waals surface area contributed by atoms with Crippen LogP contribution in [0.4, 0.5) is 5.82 Å². The highest BCUT2D eigenvalue weighted by atomic mass is 32.2. The largest absolute Gasteiger partial charge is 0.384 e. The summed E-state index contributed by atoms with van der Waals surface area (Å²) in [4.78, 5) is 0.237.